The van der Waals surface area contributed by atoms with E-state index in [1.54, 1.807) is 45.4 Å². The molecule has 8 nitrogen and oxygen atoms in total. The van der Waals surface area contributed by atoms with Crippen LogP contribution in [0.2, 0.25) is 5.02 Å². The summed E-state index contributed by atoms with van der Waals surface area (Å²) in [6.45, 7) is 15.7. The summed E-state index contributed by atoms with van der Waals surface area (Å²) < 4.78 is 17.7. The van der Waals surface area contributed by atoms with Crippen LogP contribution < -0.4 is 4.74 Å². The molecule has 0 saturated carbocycles. The Labute approximate surface area is 236 Å². The number of benzene rings is 1. The quantitative estimate of drug-likeness (QED) is 0.405. The van der Waals surface area contributed by atoms with Gasteiger partial charge in [-0.15, -0.1) is 0 Å². The Morgan fingerprint density at radius 3 is 2.31 bits per heavy atom. The first kappa shape index (κ1) is 30.7. The van der Waals surface area contributed by atoms with E-state index in [0.29, 0.717) is 16.5 Å². The molecule has 3 rings (SSSR count). The van der Waals surface area contributed by atoms with E-state index in [4.69, 9.17) is 25.8 Å². The molecule has 4 atom stereocenters. The van der Waals surface area contributed by atoms with Crippen LogP contribution >= 0.6 is 11.6 Å². The molecule has 0 radical (unpaired) electrons. The predicted molar refractivity (Wildman–Crippen MR) is 150 cm³/mol. The molecule has 1 aromatic carbocycles. The van der Waals surface area contributed by atoms with Crippen molar-refractivity contribution in [3.8, 4) is 5.88 Å². The maximum atomic E-state index is 13.5. The number of methoxy groups -OCH3 is 1. The predicted octanol–water partition coefficient (Wildman–Crippen LogP) is 6.64. The van der Waals surface area contributed by atoms with Crippen molar-refractivity contribution >= 4 is 23.7 Å². The van der Waals surface area contributed by atoms with E-state index in [2.05, 4.69) is 25.8 Å². The number of amides is 1. The maximum absolute atomic E-state index is 13.5. The monoisotopic (exact) mass is 560 g/mol. The van der Waals surface area contributed by atoms with E-state index in [1.807, 2.05) is 32.9 Å². The number of ether oxygens (including phenoxy) is 3. The lowest BCUT2D eigenvalue weighted by molar-refractivity contribution is -0.145. The number of rotatable bonds is 7. The van der Waals surface area contributed by atoms with Gasteiger partial charge in [0.25, 0.3) is 0 Å². The highest BCUT2D eigenvalue weighted by atomic mass is 35.5. The summed E-state index contributed by atoms with van der Waals surface area (Å²) in [5.41, 5.74) is 1.71. The Hall–Kier alpha value is -2.84. The van der Waals surface area contributed by atoms with E-state index < -0.39 is 47.7 Å². The van der Waals surface area contributed by atoms with Crippen LogP contribution in [0.5, 0.6) is 5.88 Å². The Kier molecular flexibility index (Phi) is 9.23. The van der Waals surface area contributed by atoms with Crippen molar-refractivity contribution in [2.45, 2.75) is 91.7 Å². The number of likely N-dealkylation sites (tertiary alicyclic amines) is 1. The van der Waals surface area contributed by atoms with E-state index in [1.165, 1.54) is 4.90 Å². The first-order valence-corrected chi connectivity index (χ1v) is 13.6. The lowest BCUT2D eigenvalue weighted by Crippen LogP contribution is -2.47. The lowest BCUT2D eigenvalue weighted by Gasteiger charge is -2.34. The standard InChI is InChI=1S/C30H41ClN2O6/c1-17(2)39-28(36)33-23(18-11-10-12-21(31)14-18)25(22(30(6,7)8)24(33)27(34)35)38-16-19-13-20(29(3,4)5)15-32-26(19)37-9/h10-15,17,22-25H,16H2,1-9H3,(H,34,35)/t22-,23+,24+,25+/m1/s1. The highest BCUT2D eigenvalue weighted by molar-refractivity contribution is 6.30. The van der Waals surface area contributed by atoms with Crippen molar-refractivity contribution in [2.75, 3.05) is 7.11 Å². The Morgan fingerprint density at radius 2 is 1.79 bits per heavy atom. The van der Waals surface area contributed by atoms with Crippen molar-refractivity contribution < 1.29 is 28.9 Å². The number of hydrogen-bond acceptors (Lipinski definition) is 6. The molecular weight excluding hydrogens is 520 g/mol. The number of nitrogens with zero attached hydrogens (tertiary/aromatic N) is 2. The van der Waals surface area contributed by atoms with Crippen LogP contribution in [0.25, 0.3) is 0 Å². The second-order valence-electron chi connectivity index (χ2n) is 12.4. The highest BCUT2D eigenvalue weighted by Crippen LogP contribution is 2.50. The van der Waals surface area contributed by atoms with Crippen molar-refractivity contribution in [2.24, 2.45) is 11.3 Å². The fraction of sp³-hybridized carbons (Fsp3) is 0.567. The molecular formula is C30H41ClN2O6. The molecule has 1 aromatic heterocycles. The summed E-state index contributed by atoms with van der Waals surface area (Å²) in [7, 11) is 1.55. The highest BCUT2D eigenvalue weighted by Gasteiger charge is 2.59. The zero-order valence-electron chi connectivity index (χ0n) is 24.3. The van der Waals surface area contributed by atoms with Gasteiger partial charge in [0.2, 0.25) is 5.88 Å². The molecule has 1 amide bonds. The van der Waals surface area contributed by atoms with Crippen LogP contribution in [-0.2, 0) is 26.3 Å². The molecule has 1 fully saturated rings. The number of aliphatic carboxylic acids is 1. The van der Waals surface area contributed by atoms with Gasteiger partial charge in [0.15, 0.2) is 0 Å². The van der Waals surface area contributed by atoms with Gasteiger partial charge in [0.1, 0.15) is 6.04 Å². The molecule has 1 aliphatic heterocycles. The molecule has 0 spiro atoms. The fourth-order valence-corrected chi connectivity index (χ4v) is 5.42. The largest absolute Gasteiger partial charge is 0.481 e. The van der Waals surface area contributed by atoms with Crippen molar-refractivity contribution in [3.63, 3.8) is 0 Å². The molecule has 1 saturated heterocycles. The molecule has 0 aliphatic carbocycles. The summed E-state index contributed by atoms with van der Waals surface area (Å²) in [6.07, 6.45) is -0.0613. The third-order valence-electron chi connectivity index (χ3n) is 7.01. The minimum absolute atomic E-state index is 0.105. The number of carboxylic acid groups (broad SMARTS) is 1. The minimum atomic E-state index is -1.19. The Morgan fingerprint density at radius 1 is 1.13 bits per heavy atom. The van der Waals surface area contributed by atoms with E-state index in [0.717, 1.165) is 11.1 Å². The summed E-state index contributed by atoms with van der Waals surface area (Å²) in [4.78, 5) is 32.1. The maximum Gasteiger partial charge on any atom is 0.411 e. The minimum Gasteiger partial charge on any atom is -0.481 e. The molecule has 2 heterocycles. The Balaban J connectivity index is 2.17. The van der Waals surface area contributed by atoms with E-state index in [-0.39, 0.29) is 12.0 Å². The van der Waals surface area contributed by atoms with Crippen LogP contribution in [0.15, 0.2) is 36.5 Å². The Bertz CT molecular complexity index is 1190. The third kappa shape index (κ3) is 6.84. The van der Waals surface area contributed by atoms with E-state index >= 15 is 0 Å². The summed E-state index contributed by atoms with van der Waals surface area (Å²) in [5, 5.41) is 10.9. The molecule has 1 aliphatic rings. The third-order valence-corrected chi connectivity index (χ3v) is 7.25. The van der Waals surface area contributed by atoms with Gasteiger partial charge in [-0.25, -0.2) is 14.6 Å². The normalized spacial score (nSPS) is 21.8. The van der Waals surface area contributed by atoms with Crippen LogP contribution in [0.3, 0.4) is 0 Å². The summed E-state index contributed by atoms with van der Waals surface area (Å²) >= 11 is 6.36. The molecule has 0 bridgehead atoms. The van der Waals surface area contributed by atoms with Gasteiger partial charge in [0, 0.05) is 22.7 Å². The van der Waals surface area contributed by atoms with Crippen LogP contribution in [0.1, 0.15) is 78.1 Å². The van der Waals surface area contributed by atoms with Crippen LogP contribution in [0.4, 0.5) is 4.79 Å². The van der Waals surface area contributed by atoms with Crippen LogP contribution in [0, 0.1) is 11.3 Å². The van der Waals surface area contributed by atoms with Gasteiger partial charge in [0.05, 0.1) is 32.0 Å². The zero-order valence-corrected chi connectivity index (χ0v) is 25.1. The smallest absolute Gasteiger partial charge is 0.411 e. The molecule has 214 valence electrons. The number of carboxylic acids is 1. The number of carbonyl (C=O) groups is 2. The van der Waals surface area contributed by atoms with Crippen molar-refractivity contribution in [1.29, 1.82) is 0 Å². The second kappa shape index (κ2) is 11.7. The molecule has 39 heavy (non-hydrogen) atoms. The fourth-order valence-electron chi connectivity index (χ4n) is 5.23. The van der Waals surface area contributed by atoms with Crippen molar-refractivity contribution in [1.82, 2.24) is 9.88 Å². The number of halogens is 1. The summed E-state index contributed by atoms with van der Waals surface area (Å²) in [5.74, 6) is -1.27. The SMILES string of the molecule is COc1ncc(C(C)(C)C)cc1CO[C@H]1[C@H](C(C)(C)C)[C@@H](C(=O)O)N(C(=O)OC(C)C)[C@H]1c1cccc(Cl)c1. The van der Waals surface area contributed by atoms with Gasteiger partial charge in [-0.3, -0.25) is 4.90 Å². The first-order chi connectivity index (χ1) is 18.1. The lowest BCUT2D eigenvalue weighted by atomic mass is 9.73. The average molecular weight is 561 g/mol. The second-order valence-corrected chi connectivity index (χ2v) is 12.9. The number of pyridine rings is 1. The number of carbonyl (C=O) groups excluding carboxylic acids is 1. The zero-order chi connectivity index (χ0) is 29.3. The van der Waals surface area contributed by atoms with Gasteiger partial charge in [-0.2, -0.15) is 0 Å². The van der Waals surface area contributed by atoms with Gasteiger partial charge in [-0.05, 0) is 54.0 Å². The molecule has 9 heteroatoms. The number of aromatic nitrogens is 1. The summed E-state index contributed by atoms with van der Waals surface area (Å²) in [6, 6.07) is 7.13. The molecule has 1 N–H and O–H groups in total. The topological polar surface area (TPSA) is 98.2 Å². The van der Waals surface area contributed by atoms with E-state index in [9.17, 15) is 14.7 Å². The molecule has 0 unspecified atom stereocenters. The first-order valence-electron chi connectivity index (χ1n) is 13.2. The molecule has 2 aromatic rings. The van der Waals surface area contributed by atoms with Gasteiger partial charge in [-0.1, -0.05) is 65.3 Å². The van der Waals surface area contributed by atoms with Gasteiger partial charge < -0.3 is 19.3 Å². The van der Waals surface area contributed by atoms with Crippen molar-refractivity contribution in [3.05, 3.63) is 58.2 Å². The van der Waals surface area contributed by atoms with Gasteiger partial charge >= 0.3 is 12.1 Å². The average Bonchev–Trinajstić information content (AvgIpc) is 3.17. The number of hydrogen-bond donors (Lipinski definition) is 1. The van der Waals surface area contributed by atoms with Crippen LogP contribution in [-0.4, -0.2) is 52.4 Å².